The van der Waals surface area contributed by atoms with E-state index < -0.39 is 0 Å². The first-order chi connectivity index (χ1) is 26.9. The van der Waals surface area contributed by atoms with Crippen LogP contribution in [0.3, 0.4) is 0 Å². The maximum atomic E-state index is 15.1. The van der Waals surface area contributed by atoms with Crippen LogP contribution in [0.1, 0.15) is 130 Å². The molecule has 6 aromatic carbocycles. The lowest BCUT2D eigenvalue weighted by molar-refractivity contribution is 0.0997. The van der Waals surface area contributed by atoms with Crippen molar-refractivity contribution in [3.63, 3.8) is 0 Å². The molecule has 0 aromatic heterocycles. The first-order valence-corrected chi connectivity index (χ1v) is 19.3. The van der Waals surface area contributed by atoms with Crippen LogP contribution in [-0.2, 0) is 0 Å². The Labute approximate surface area is 346 Å². The zero-order chi connectivity index (χ0) is 41.6. The number of hydrogen-bond donors (Lipinski definition) is 0. The monoisotopic (exact) mass is 788 g/mol. The van der Waals surface area contributed by atoms with Crippen LogP contribution in [0.5, 0.6) is 11.5 Å². The second kappa shape index (κ2) is 17.0. The van der Waals surface area contributed by atoms with Crippen LogP contribution >= 0.6 is 9.90 Å². The van der Waals surface area contributed by atoms with Gasteiger partial charge in [-0.05, 0) is 140 Å². The average molecular weight is 789 g/mol. The molecule has 0 saturated heterocycles. The van der Waals surface area contributed by atoms with Crippen molar-refractivity contribution < 1.29 is 23.9 Å². The summed E-state index contributed by atoms with van der Waals surface area (Å²) >= 11 is 0. The number of carbonyl (C=O) groups is 4. The summed E-state index contributed by atoms with van der Waals surface area (Å²) in [6.45, 7) is 23.1. The summed E-state index contributed by atoms with van der Waals surface area (Å²) in [5.41, 5.74) is 12.9. The van der Waals surface area contributed by atoms with Crippen molar-refractivity contribution in [2.75, 3.05) is 0 Å². The summed E-state index contributed by atoms with van der Waals surface area (Å²) in [5, 5.41) is 0. The zero-order valence-electron chi connectivity index (χ0n) is 35.8. The van der Waals surface area contributed by atoms with Gasteiger partial charge in [-0.2, -0.15) is 9.90 Å². The highest BCUT2D eigenvalue weighted by molar-refractivity contribution is 6.92. The summed E-state index contributed by atoms with van der Waals surface area (Å²) < 4.78 is 6.80. The lowest BCUT2D eigenvalue weighted by Gasteiger charge is -2.21. The van der Waals surface area contributed by atoms with Gasteiger partial charge in [0, 0.05) is 33.4 Å². The fourth-order valence-corrected chi connectivity index (χ4v) is 8.87. The predicted molar refractivity (Wildman–Crippen MR) is 240 cm³/mol. The second-order valence-electron chi connectivity index (χ2n) is 15.9. The van der Waals surface area contributed by atoms with Crippen molar-refractivity contribution in [3.05, 3.63) is 196 Å². The molecule has 58 heavy (non-hydrogen) atoms. The van der Waals surface area contributed by atoms with Crippen molar-refractivity contribution in [1.82, 2.24) is 0 Å². The summed E-state index contributed by atoms with van der Waals surface area (Å²) in [4.78, 5) is 59.6. The van der Waals surface area contributed by atoms with Crippen LogP contribution in [0.4, 0.5) is 0 Å². The Morgan fingerprint density at radius 3 is 0.793 bits per heavy atom. The number of hydrogen-bond acceptors (Lipinski definition) is 5. The highest BCUT2D eigenvalue weighted by Gasteiger charge is 2.31. The van der Waals surface area contributed by atoms with E-state index in [1.165, 1.54) is 0 Å². The highest BCUT2D eigenvalue weighted by atomic mass is 31.0. The van der Waals surface area contributed by atoms with Gasteiger partial charge < -0.3 is 4.74 Å². The van der Waals surface area contributed by atoms with E-state index in [1.807, 2.05) is 132 Å². The molecular weight excluding hydrogens is 736 g/mol. The standard InChI is InChI=1S/C52H50O5.H3P/c1-27-19-31(5)43(32(6)20-27)49(53)39-15-13-17-41(47(39)51(55)45-35(9)23-29(3)24-36(45)10)57-42-18-14-16-40(50(54)44-33(7)21-28(2)22-34(44)8)48(42)52(56)46-37(11)25-30(4)26-38(46)12;/h13-26H,1-12H3;1H3. The lowest BCUT2D eigenvalue weighted by Crippen LogP contribution is -2.18. The number of benzene rings is 6. The molecule has 0 heterocycles. The van der Waals surface area contributed by atoms with Gasteiger partial charge in [-0.25, -0.2) is 0 Å². The van der Waals surface area contributed by atoms with Crippen LogP contribution in [0.25, 0.3) is 0 Å². The fourth-order valence-electron chi connectivity index (χ4n) is 8.87. The first kappa shape index (κ1) is 43.4. The van der Waals surface area contributed by atoms with Gasteiger partial charge in [-0.15, -0.1) is 0 Å². The molecule has 0 N–H and O–H groups in total. The molecule has 6 rings (SSSR count). The molecule has 1 unspecified atom stereocenters. The molecule has 0 aliphatic rings. The predicted octanol–water partition coefficient (Wildman–Crippen LogP) is 12.2. The Hall–Kier alpha value is -5.77. The Morgan fingerprint density at radius 2 is 0.552 bits per heavy atom. The summed E-state index contributed by atoms with van der Waals surface area (Å²) in [6.07, 6.45) is 0. The molecule has 0 aliphatic carbocycles. The van der Waals surface area contributed by atoms with Gasteiger partial charge in [0.15, 0.2) is 23.1 Å². The van der Waals surface area contributed by atoms with Crippen LogP contribution in [0, 0.1) is 83.1 Å². The van der Waals surface area contributed by atoms with Gasteiger partial charge >= 0.3 is 0 Å². The van der Waals surface area contributed by atoms with Gasteiger partial charge in [0.1, 0.15) is 11.5 Å². The second-order valence-corrected chi connectivity index (χ2v) is 15.9. The number of carbonyl (C=O) groups excluding carboxylic acids is 4. The fraction of sp³-hybridized carbons (Fsp3) is 0.231. The van der Waals surface area contributed by atoms with E-state index in [1.54, 1.807) is 36.4 Å². The van der Waals surface area contributed by atoms with Gasteiger partial charge in [-0.1, -0.05) is 95.1 Å². The summed E-state index contributed by atoms with van der Waals surface area (Å²) in [7, 11) is 0. The van der Waals surface area contributed by atoms with Gasteiger partial charge in [0.2, 0.25) is 0 Å². The first-order valence-electron chi connectivity index (χ1n) is 19.3. The van der Waals surface area contributed by atoms with Crippen molar-refractivity contribution in [2.45, 2.75) is 83.1 Å². The number of aryl methyl sites for hydroxylation is 12. The SMILES string of the molecule is Cc1cc(C)c(C(=O)c2cccc(Oc3cccc(C(=O)c4c(C)cc(C)cc4C)c3C(=O)c3c(C)cc(C)cc3C)c2C(=O)c2c(C)cc(C)cc2C)c(C)c1.P. The van der Waals surface area contributed by atoms with E-state index in [4.69, 9.17) is 4.74 Å². The number of ether oxygens (including phenoxy) is 1. The Kier molecular flexibility index (Phi) is 12.7. The summed E-state index contributed by atoms with van der Waals surface area (Å²) in [6, 6.07) is 25.7. The van der Waals surface area contributed by atoms with Crippen molar-refractivity contribution in [3.8, 4) is 11.5 Å². The third kappa shape index (κ3) is 8.15. The topological polar surface area (TPSA) is 77.5 Å². The molecule has 296 valence electrons. The molecule has 1 atom stereocenters. The number of ketones is 4. The van der Waals surface area contributed by atoms with Crippen LogP contribution in [-0.4, -0.2) is 23.1 Å². The third-order valence-electron chi connectivity index (χ3n) is 10.8. The van der Waals surface area contributed by atoms with E-state index in [2.05, 4.69) is 0 Å². The molecule has 6 heteroatoms. The average Bonchev–Trinajstić information content (AvgIpc) is 3.09. The van der Waals surface area contributed by atoms with Gasteiger partial charge in [0.25, 0.3) is 0 Å². The molecule has 0 radical (unpaired) electrons. The van der Waals surface area contributed by atoms with Gasteiger partial charge in [0.05, 0.1) is 11.1 Å². The molecule has 6 aromatic rings. The molecule has 0 saturated carbocycles. The molecule has 0 amide bonds. The molecule has 5 nitrogen and oxygen atoms in total. The molecular formula is C52H53O5P. The van der Waals surface area contributed by atoms with E-state index in [0.29, 0.717) is 22.3 Å². The normalized spacial score (nSPS) is 10.9. The maximum absolute atomic E-state index is 15.1. The molecule has 0 fully saturated rings. The van der Waals surface area contributed by atoms with Crippen LogP contribution < -0.4 is 4.74 Å². The quantitative estimate of drug-likeness (QED) is 0.102. The van der Waals surface area contributed by atoms with Crippen molar-refractivity contribution in [1.29, 1.82) is 0 Å². The Bertz CT molecular complexity index is 2420. The van der Waals surface area contributed by atoms with Crippen molar-refractivity contribution in [2.24, 2.45) is 0 Å². The van der Waals surface area contributed by atoms with E-state index >= 15 is 9.59 Å². The maximum Gasteiger partial charge on any atom is 0.198 e. The molecule has 0 aliphatic heterocycles. The largest absolute Gasteiger partial charge is 0.456 e. The number of rotatable bonds is 10. The molecule has 0 spiro atoms. The Morgan fingerprint density at radius 1 is 0.328 bits per heavy atom. The Balaban J connectivity index is 0.00000641. The summed E-state index contributed by atoms with van der Waals surface area (Å²) in [5.74, 6) is -1.15. The molecule has 0 bridgehead atoms. The van der Waals surface area contributed by atoms with Crippen LogP contribution in [0.2, 0.25) is 0 Å². The van der Waals surface area contributed by atoms with Crippen LogP contribution in [0.15, 0.2) is 84.9 Å². The zero-order valence-corrected chi connectivity index (χ0v) is 37.2. The lowest BCUT2D eigenvalue weighted by atomic mass is 9.86. The minimum absolute atomic E-state index is 0. The highest BCUT2D eigenvalue weighted by Crippen LogP contribution is 2.38. The van der Waals surface area contributed by atoms with Crippen molar-refractivity contribution >= 4 is 33.0 Å². The smallest absolute Gasteiger partial charge is 0.198 e. The van der Waals surface area contributed by atoms with E-state index in [9.17, 15) is 9.59 Å². The minimum atomic E-state index is -0.373. The van der Waals surface area contributed by atoms with Gasteiger partial charge in [-0.3, -0.25) is 19.2 Å². The third-order valence-corrected chi connectivity index (χ3v) is 10.8. The van der Waals surface area contributed by atoms with E-state index in [0.717, 1.165) is 66.8 Å². The minimum Gasteiger partial charge on any atom is -0.456 e. The van der Waals surface area contributed by atoms with E-state index in [-0.39, 0.29) is 66.8 Å².